The Bertz CT molecular complexity index is 1010. The summed E-state index contributed by atoms with van der Waals surface area (Å²) >= 11 is 6.07. The predicted octanol–water partition coefficient (Wildman–Crippen LogP) is 4.50. The second-order valence-electron chi connectivity index (χ2n) is 7.47. The van der Waals surface area contributed by atoms with E-state index in [-0.39, 0.29) is 0 Å². The molecule has 0 spiro atoms. The van der Waals surface area contributed by atoms with Crippen molar-refractivity contribution in [1.29, 1.82) is 0 Å². The van der Waals surface area contributed by atoms with Crippen molar-refractivity contribution in [2.45, 2.75) is 25.4 Å². The van der Waals surface area contributed by atoms with Gasteiger partial charge in [0.15, 0.2) is 0 Å². The van der Waals surface area contributed by atoms with Crippen LogP contribution in [-0.4, -0.2) is 34.0 Å². The third kappa shape index (κ3) is 4.74. The zero-order valence-electron chi connectivity index (χ0n) is 16.4. The van der Waals surface area contributed by atoms with E-state index in [1.807, 2.05) is 42.7 Å². The summed E-state index contributed by atoms with van der Waals surface area (Å²) in [7, 11) is 0. The predicted molar refractivity (Wildman–Crippen MR) is 120 cm³/mol. The summed E-state index contributed by atoms with van der Waals surface area (Å²) in [6.45, 7) is 11.1. The van der Waals surface area contributed by atoms with Gasteiger partial charge >= 0.3 is 0 Å². The van der Waals surface area contributed by atoms with Crippen molar-refractivity contribution in [1.82, 2.24) is 25.5 Å². The van der Waals surface area contributed by atoms with E-state index in [1.165, 1.54) is 0 Å². The molecule has 0 bridgehead atoms. The molecule has 29 heavy (non-hydrogen) atoms. The molecular weight excluding hydrogens is 382 g/mol. The molecule has 6 heteroatoms. The number of piperidine rings is 1. The molecule has 2 aromatic heterocycles. The average molecular weight is 408 g/mol. The third-order valence-electron chi connectivity index (χ3n) is 5.33. The van der Waals surface area contributed by atoms with E-state index in [0.29, 0.717) is 12.6 Å². The minimum Gasteiger partial charge on any atom is -0.369 e. The van der Waals surface area contributed by atoms with Gasteiger partial charge in [-0.3, -0.25) is 4.98 Å². The zero-order valence-corrected chi connectivity index (χ0v) is 17.2. The van der Waals surface area contributed by atoms with Gasteiger partial charge in [0.1, 0.15) is 0 Å². The van der Waals surface area contributed by atoms with Crippen molar-refractivity contribution in [3.8, 4) is 0 Å². The Labute approximate surface area is 176 Å². The summed E-state index contributed by atoms with van der Waals surface area (Å²) in [5.74, 6) is 0.836. The number of H-pyrrole nitrogens is 1. The highest BCUT2D eigenvalue weighted by Gasteiger charge is 2.21. The van der Waals surface area contributed by atoms with Gasteiger partial charge in [-0.25, -0.2) is 0 Å². The van der Waals surface area contributed by atoms with Gasteiger partial charge in [0.05, 0.1) is 12.4 Å². The van der Waals surface area contributed by atoms with Crippen LogP contribution in [0.3, 0.4) is 0 Å². The molecule has 3 heterocycles. The fourth-order valence-corrected chi connectivity index (χ4v) is 4.01. The Morgan fingerprint density at radius 1 is 1.21 bits per heavy atom. The molecule has 4 rings (SSSR count). The summed E-state index contributed by atoms with van der Waals surface area (Å²) in [6.07, 6.45) is 5.86. The largest absolute Gasteiger partial charge is 0.369 e. The van der Waals surface area contributed by atoms with Crippen LogP contribution in [0.1, 0.15) is 24.1 Å². The Morgan fingerprint density at radius 3 is 2.86 bits per heavy atom. The van der Waals surface area contributed by atoms with E-state index in [0.717, 1.165) is 64.6 Å². The van der Waals surface area contributed by atoms with Crippen LogP contribution in [0, 0.1) is 0 Å². The van der Waals surface area contributed by atoms with Crippen molar-refractivity contribution >= 4 is 28.2 Å². The third-order valence-corrected chi connectivity index (χ3v) is 5.56. The second kappa shape index (κ2) is 8.62. The number of fused-ring (bicyclic) bond motifs is 1. The molecular formula is C23H26ClN5. The van der Waals surface area contributed by atoms with Crippen LogP contribution < -0.4 is 10.6 Å². The lowest BCUT2D eigenvalue weighted by atomic mass is 10.0. The van der Waals surface area contributed by atoms with E-state index in [9.17, 15) is 0 Å². The summed E-state index contributed by atoms with van der Waals surface area (Å²) in [5, 5.41) is 8.77. The molecule has 1 aromatic carbocycles. The van der Waals surface area contributed by atoms with Crippen LogP contribution >= 0.6 is 11.6 Å². The van der Waals surface area contributed by atoms with Crippen LogP contribution in [0.2, 0.25) is 5.02 Å². The minimum absolute atomic E-state index is 0.337. The summed E-state index contributed by atoms with van der Waals surface area (Å²) in [5.41, 5.74) is 4.36. The molecule has 0 amide bonds. The zero-order chi connectivity index (χ0) is 20.2. The second-order valence-corrected chi connectivity index (χ2v) is 7.91. The fourth-order valence-electron chi connectivity index (χ4n) is 3.83. The Balaban J connectivity index is 1.30. The molecule has 0 aliphatic carbocycles. The van der Waals surface area contributed by atoms with Gasteiger partial charge in [-0.2, -0.15) is 0 Å². The van der Waals surface area contributed by atoms with Gasteiger partial charge in [-0.1, -0.05) is 24.8 Å². The van der Waals surface area contributed by atoms with Crippen LogP contribution in [0.25, 0.3) is 16.6 Å². The van der Waals surface area contributed by atoms with Crippen LogP contribution in [0.15, 0.2) is 67.8 Å². The van der Waals surface area contributed by atoms with Crippen molar-refractivity contribution in [3.63, 3.8) is 0 Å². The number of nitrogens with zero attached hydrogens (tertiary/aromatic N) is 2. The summed E-state index contributed by atoms with van der Waals surface area (Å²) in [6, 6.07) is 12.3. The molecule has 150 valence electrons. The van der Waals surface area contributed by atoms with Crippen molar-refractivity contribution in [2.24, 2.45) is 0 Å². The quantitative estimate of drug-likeness (QED) is 0.539. The van der Waals surface area contributed by atoms with Crippen LogP contribution in [0.4, 0.5) is 0 Å². The first-order valence-corrected chi connectivity index (χ1v) is 10.3. The molecule has 3 aromatic rings. The number of aromatic nitrogens is 2. The van der Waals surface area contributed by atoms with E-state index in [1.54, 1.807) is 0 Å². The van der Waals surface area contributed by atoms with Gasteiger partial charge in [-0.15, -0.1) is 0 Å². The molecule has 0 radical (unpaired) electrons. The normalized spacial score (nSPS) is 16.6. The lowest BCUT2D eigenvalue weighted by Crippen LogP contribution is -2.46. The van der Waals surface area contributed by atoms with Gasteiger partial charge < -0.3 is 20.5 Å². The number of hydrogen-bond acceptors (Lipinski definition) is 4. The lowest BCUT2D eigenvalue weighted by molar-refractivity contribution is 0.272. The maximum absolute atomic E-state index is 6.07. The van der Waals surface area contributed by atoms with Gasteiger partial charge in [0.25, 0.3) is 0 Å². The molecule has 1 aliphatic heterocycles. The highest BCUT2D eigenvalue weighted by atomic mass is 35.5. The molecule has 1 aliphatic rings. The monoisotopic (exact) mass is 407 g/mol. The number of rotatable bonds is 7. The minimum atomic E-state index is 0.337. The Morgan fingerprint density at radius 2 is 2.03 bits per heavy atom. The number of aromatic amines is 1. The van der Waals surface area contributed by atoms with Gasteiger partial charge in [0.2, 0.25) is 0 Å². The molecule has 1 unspecified atom stereocenters. The number of halogens is 1. The maximum atomic E-state index is 6.07. The number of hydrogen-bond donors (Lipinski definition) is 3. The van der Waals surface area contributed by atoms with Crippen LogP contribution in [0.5, 0.6) is 0 Å². The highest BCUT2D eigenvalue weighted by Crippen LogP contribution is 2.22. The maximum Gasteiger partial charge on any atom is 0.0918 e. The number of likely N-dealkylation sites (tertiary alicyclic amines) is 1. The first-order chi connectivity index (χ1) is 14.1. The smallest absolute Gasteiger partial charge is 0.0918 e. The first-order valence-electron chi connectivity index (χ1n) is 9.89. The Hall–Kier alpha value is -2.92. The topological polar surface area (TPSA) is 56.0 Å². The lowest BCUT2D eigenvalue weighted by Gasteiger charge is -2.36. The molecule has 1 atom stereocenters. The van der Waals surface area contributed by atoms with E-state index in [4.69, 9.17) is 11.6 Å². The summed E-state index contributed by atoms with van der Waals surface area (Å²) in [4.78, 5) is 9.84. The van der Waals surface area contributed by atoms with E-state index in [2.05, 4.69) is 44.7 Å². The van der Waals surface area contributed by atoms with Crippen molar-refractivity contribution in [2.75, 3.05) is 13.1 Å². The number of nitrogens with one attached hydrogen (secondary N) is 3. The van der Waals surface area contributed by atoms with Gasteiger partial charge in [0, 0.05) is 64.4 Å². The Kier molecular flexibility index (Phi) is 5.76. The average Bonchev–Trinajstić information content (AvgIpc) is 3.14. The van der Waals surface area contributed by atoms with E-state index < -0.39 is 0 Å². The van der Waals surface area contributed by atoms with Crippen LogP contribution in [-0.2, 0) is 6.54 Å². The van der Waals surface area contributed by atoms with Gasteiger partial charge in [-0.05, 0) is 49.2 Å². The van der Waals surface area contributed by atoms with E-state index >= 15 is 0 Å². The number of pyridine rings is 1. The van der Waals surface area contributed by atoms with Crippen molar-refractivity contribution < 1.29 is 0 Å². The molecule has 3 N–H and O–H groups in total. The molecule has 0 saturated carbocycles. The standard InChI is InChI=1S/C23H26ClN5/c1-16(18-7-9-25-10-8-18)29-11-3-4-21(15-29)27-17(2)26-14-22-13-19-12-20(24)5-6-23(19)28-22/h5-10,12-13,21,26-28H,1-4,11,14-15H2. The molecule has 1 fully saturated rings. The first kappa shape index (κ1) is 19.4. The highest BCUT2D eigenvalue weighted by molar-refractivity contribution is 6.31. The number of benzene rings is 1. The summed E-state index contributed by atoms with van der Waals surface area (Å²) < 4.78 is 0. The molecule has 5 nitrogen and oxygen atoms in total. The van der Waals surface area contributed by atoms with Crippen molar-refractivity contribution in [3.05, 3.63) is 84.1 Å². The fraction of sp³-hybridized carbons (Fsp3) is 0.261. The molecule has 1 saturated heterocycles. The SMILES string of the molecule is C=C(NCc1cc2cc(Cl)ccc2[nH]1)NC1CCCN(C(=C)c2ccncc2)C1.